The van der Waals surface area contributed by atoms with E-state index in [9.17, 15) is 4.79 Å². The standard InChI is InChI=1S/C9H16O2/c1-6-8(9(3,4)5)11-7(2)10/h6,8H,1H2,2-5H3. The van der Waals surface area contributed by atoms with Crippen molar-refractivity contribution < 1.29 is 9.53 Å². The van der Waals surface area contributed by atoms with Crippen LogP contribution in [0.1, 0.15) is 27.7 Å². The topological polar surface area (TPSA) is 26.3 Å². The Labute approximate surface area is 68.2 Å². The smallest absolute Gasteiger partial charge is 0.303 e. The number of rotatable bonds is 2. The lowest BCUT2D eigenvalue weighted by Gasteiger charge is -2.26. The van der Waals surface area contributed by atoms with Gasteiger partial charge in [0.25, 0.3) is 0 Å². The van der Waals surface area contributed by atoms with E-state index in [1.54, 1.807) is 6.08 Å². The van der Waals surface area contributed by atoms with Crippen molar-refractivity contribution in [1.82, 2.24) is 0 Å². The third kappa shape index (κ3) is 3.81. The molecule has 0 aliphatic carbocycles. The van der Waals surface area contributed by atoms with Crippen LogP contribution in [0.25, 0.3) is 0 Å². The summed E-state index contributed by atoms with van der Waals surface area (Å²) in [6.45, 7) is 11.0. The molecule has 0 saturated heterocycles. The molecule has 0 amide bonds. The van der Waals surface area contributed by atoms with Gasteiger partial charge in [0, 0.05) is 12.3 Å². The zero-order chi connectivity index (χ0) is 9.07. The van der Waals surface area contributed by atoms with Crippen LogP contribution < -0.4 is 0 Å². The van der Waals surface area contributed by atoms with Gasteiger partial charge in [-0.15, -0.1) is 0 Å². The minimum Gasteiger partial charge on any atom is -0.458 e. The van der Waals surface area contributed by atoms with Gasteiger partial charge in [-0.3, -0.25) is 4.79 Å². The van der Waals surface area contributed by atoms with E-state index in [0.717, 1.165) is 0 Å². The molecule has 11 heavy (non-hydrogen) atoms. The Bertz CT molecular complexity index is 153. The number of esters is 1. The van der Waals surface area contributed by atoms with Crippen LogP contribution in [0.3, 0.4) is 0 Å². The van der Waals surface area contributed by atoms with Gasteiger partial charge in [-0.05, 0) is 0 Å². The Morgan fingerprint density at radius 3 is 2.09 bits per heavy atom. The van der Waals surface area contributed by atoms with Gasteiger partial charge in [-0.25, -0.2) is 0 Å². The highest BCUT2D eigenvalue weighted by atomic mass is 16.5. The van der Waals surface area contributed by atoms with Crippen LogP contribution in [0.15, 0.2) is 12.7 Å². The SMILES string of the molecule is C=CC(OC(C)=O)C(C)(C)C. The van der Waals surface area contributed by atoms with Crippen molar-refractivity contribution in [2.24, 2.45) is 5.41 Å². The first-order valence-electron chi connectivity index (χ1n) is 3.67. The molecular weight excluding hydrogens is 140 g/mol. The fourth-order valence-electron chi connectivity index (χ4n) is 0.757. The molecule has 0 N–H and O–H groups in total. The van der Waals surface area contributed by atoms with Crippen LogP contribution in [0, 0.1) is 5.41 Å². The quantitative estimate of drug-likeness (QED) is 0.452. The molecule has 0 rings (SSSR count). The van der Waals surface area contributed by atoms with Crippen LogP contribution in [0.4, 0.5) is 0 Å². The number of hydrogen-bond donors (Lipinski definition) is 0. The molecule has 0 heterocycles. The lowest BCUT2D eigenvalue weighted by Crippen LogP contribution is -2.28. The Morgan fingerprint density at radius 1 is 1.55 bits per heavy atom. The van der Waals surface area contributed by atoms with Crippen molar-refractivity contribution in [1.29, 1.82) is 0 Å². The second-order valence-corrected chi connectivity index (χ2v) is 3.63. The van der Waals surface area contributed by atoms with Gasteiger partial charge in [-0.2, -0.15) is 0 Å². The van der Waals surface area contributed by atoms with E-state index < -0.39 is 0 Å². The third-order valence-corrected chi connectivity index (χ3v) is 1.36. The van der Waals surface area contributed by atoms with Crippen molar-refractivity contribution in [3.63, 3.8) is 0 Å². The summed E-state index contributed by atoms with van der Waals surface area (Å²) in [5.41, 5.74) is -0.0621. The van der Waals surface area contributed by atoms with E-state index >= 15 is 0 Å². The summed E-state index contributed by atoms with van der Waals surface area (Å²) >= 11 is 0. The van der Waals surface area contributed by atoms with E-state index in [1.165, 1.54) is 6.92 Å². The highest BCUT2D eigenvalue weighted by molar-refractivity contribution is 5.66. The van der Waals surface area contributed by atoms with E-state index in [1.807, 2.05) is 20.8 Å². The number of hydrogen-bond acceptors (Lipinski definition) is 2. The molecule has 1 unspecified atom stereocenters. The molecule has 2 heteroatoms. The minimum absolute atomic E-state index is 0.0621. The Kier molecular flexibility index (Phi) is 3.30. The molecule has 1 atom stereocenters. The molecule has 0 aliphatic rings. The summed E-state index contributed by atoms with van der Waals surface area (Å²) in [7, 11) is 0. The van der Waals surface area contributed by atoms with Gasteiger partial charge >= 0.3 is 5.97 Å². The number of carbonyl (C=O) groups is 1. The van der Waals surface area contributed by atoms with Gasteiger partial charge in [0.15, 0.2) is 0 Å². The molecule has 0 spiro atoms. The first kappa shape index (κ1) is 10.2. The number of carbonyl (C=O) groups excluding carboxylic acids is 1. The highest BCUT2D eigenvalue weighted by Crippen LogP contribution is 2.22. The summed E-state index contributed by atoms with van der Waals surface area (Å²) in [4.78, 5) is 10.6. The zero-order valence-electron chi connectivity index (χ0n) is 7.68. The largest absolute Gasteiger partial charge is 0.458 e. The predicted octanol–water partition coefficient (Wildman–Crippen LogP) is 2.15. The normalized spacial score (nSPS) is 13.8. The van der Waals surface area contributed by atoms with Crippen LogP contribution >= 0.6 is 0 Å². The van der Waals surface area contributed by atoms with Crippen molar-refractivity contribution in [3.05, 3.63) is 12.7 Å². The van der Waals surface area contributed by atoms with E-state index in [-0.39, 0.29) is 17.5 Å². The lowest BCUT2D eigenvalue weighted by molar-refractivity contribution is -0.148. The summed E-state index contributed by atoms with van der Waals surface area (Å²) < 4.78 is 5.01. The molecule has 0 aliphatic heterocycles. The molecule has 0 aromatic rings. The van der Waals surface area contributed by atoms with Crippen LogP contribution in [-0.4, -0.2) is 12.1 Å². The molecule has 0 aromatic heterocycles. The molecule has 0 radical (unpaired) electrons. The molecule has 2 nitrogen and oxygen atoms in total. The van der Waals surface area contributed by atoms with Crippen LogP contribution in [-0.2, 0) is 9.53 Å². The maximum Gasteiger partial charge on any atom is 0.303 e. The fourth-order valence-corrected chi connectivity index (χ4v) is 0.757. The Hall–Kier alpha value is -0.790. The second-order valence-electron chi connectivity index (χ2n) is 3.63. The average molecular weight is 156 g/mol. The maximum atomic E-state index is 10.6. The van der Waals surface area contributed by atoms with Gasteiger partial charge < -0.3 is 4.74 Å². The van der Waals surface area contributed by atoms with Crippen molar-refractivity contribution in [3.8, 4) is 0 Å². The molecule has 0 fully saturated rings. The highest BCUT2D eigenvalue weighted by Gasteiger charge is 2.23. The Balaban J connectivity index is 4.18. The van der Waals surface area contributed by atoms with Gasteiger partial charge in [0.05, 0.1) is 0 Å². The average Bonchev–Trinajstić information content (AvgIpc) is 1.79. The lowest BCUT2D eigenvalue weighted by atomic mass is 9.89. The summed E-state index contributed by atoms with van der Waals surface area (Å²) in [6.07, 6.45) is 1.46. The zero-order valence-corrected chi connectivity index (χ0v) is 7.68. The molecule has 0 aromatic carbocycles. The molecule has 0 saturated carbocycles. The summed E-state index contributed by atoms with van der Waals surface area (Å²) in [6, 6.07) is 0. The second kappa shape index (κ2) is 3.56. The van der Waals surface area contributed by atoms with Crippen LogP contribution in [0.2, 0.25) is 0 Å². The molecule has 0 bridgehead atoms. The van der Waals surface area contributed by atoms with Crippen molar-refractivity contribution >= 4 is 5.97 Å². The monoisotopic (exact) mass is 156 g/mol. The first-order valence-corrected chi connectivity index (χ1v) is 3.67. The van der Waals surface area contributed by atoms with Gasteiger partial charge in [0.1, 0.15) is 6.10 Å². The van der Waals surface area contributed by atoms with Gasteiger partial charge in [-0.1, -0.05) is 33.4 Å². The summed E-state index contributed by atoms with van der Waals surface area (Å²) in [5, 5.41) is 0. The van der Waals surface area contributed by atoms with Crippen molar-refractivity contribution in [2.75, 3.05) is 0 Å². The minimum atomic E-state index is -0.259. The van der Waals surface area contributed by atoms with E-state index in [4.69, 9.17) is 4.74 Å². The number of ether oxygens (including phenoxy) is 1. The van der Waals surface area contributed by atoms with Crippen LogP contribution in [0.5, 0.6) is 0 Å². The van der Waals surface area contributed by atoms with Gasteiger partial charge in [0.2, 0.25) is 0 Å². The third-order valence-electron chi connectivity index (χ3n) is 1.36. The van der Waals surface area contributed by atoms with E-state index in [2.05, 4.69) is 6.58 Å². The first-order chi connectivity index (χ1) is 4.88. The maximum absolute atomic E-state index is 10.6. The summed E-state index contributed by atoms with van der Waals surface area (Å²) in [5.74, 6) is -0.259. The molecular formula is C9H16O2. The fraction of sp³-hybridized carbons (Fsp3) is 0.667. The predicted molar refractivity (Wildman–Crippen MR) is 45.2 cm³/mol. The van der Waals surface area contributed by atoms with E-state index in [0.29, 0.717) is 0 Å². The molecule has 64 valence electrons. The Morgan fingerprint density at radius 2 is 2.00 bits per heavy atom. The van der Waals surface area contributed by atoms with Crippen molar-refractivity contribution in [2.45, 2.75) is 33.8 Å².